The molecule has 0 heterocycles. The molecular weight excluding hydrogens is 284 g/mol. The van der Waals surface area contributed by atoms with Gasteiger partial charge in [0, 0.05) is 12.6 Å². The molecule has 1 aromatic rings. The number of carbonyl (C=O) groups is 1. The van der Waals surface area contributed by atoms with E-state index in [2.05, 4.69) is 13.8 Å². The normalized spacial score (nSPS) is 15.6. The van der Waals surface area contributed by atoms with Crippen molar-refractivity contribution in [3.63, 3.8) is 0 Å². The summed E-state index contributed by atoms with van der Waals surface area (Å²) in [5.41, 5.74) is 6.94. The zero-order valence-electron chi connectivity index (χ0n) is 12.9. The number of para-hydroxylation sites is 1. The molecule has 21 heavy (non-hydrogen) atoms. The second-order valence-corrected chi connectivity index (χ2v) is 6.73. The van der Waals surface area contributed by atoms with E-state index in [0.29, 0.717) is 28.2 Å². The Hall–Kier alpha value is -1.22. The molecule has 0 bridgehead atoms. The van der Waals surface area contributed by atoms with Crippen molar-refractivity contribution in [1.29, 1.82) is 0 Å². The molecule has 1 fully saturated rings. The lowest BCUT2D eigenvalue weighted by atomic mass is 10.1. The Morgan fingerprint density at radius 2 is 2.05 bits per heavy atom. The highest BCUT2D eigenvalue weighted by atomic mass is 35.5. The van der Waals surface area contributed by atoms with Crippen LogP contribution in [0.3, 0.4) is 0 Å². The maximum atomic E-state index is 12.9. The van der Waals surface area contributed by atoms with Crippen LogP contribution in [-0.2, 0) is 0 Å². The van der Waals surface area contributed by atoms with Gasteiger partial charge in [-0.2, -0.15) is 0 Å². The minimum absolute atomic E-state index is 0.0301. The summed E-state index contributed by atoms with van der Waals surface area (Å²) in [7, 11) is 0. The molecule has 0 spiro atoms. The molecule has 1 aromatic carbocycles. The van der Waals surface area contributed by atoms with E-state index >= 15 is 0 Å². The zero-order chi connectivity index (χ0) is 15.4. The van der Waals surface area contributed by atoms with Crippen LogP contribution >= 0.6 is 11.6 Å². The molecule has 0 saturated heterocycles. The van der Waals surface area contributed by atoms with Gasteiger partial charge in [-0.25, -0.2) is 0 Å². The average molecular weight is 309 g/mol. The minimum Gasteiger partial charge on any atom is -0.397 e. The first kappa shape index (κ1) is 16.2. The number of nitrogens with two attached hydrogens (primary N) is 1. The van der Waals surface area contributed by atoms with Crippen molar-refractivity contribution in [1.82, 2.24) is 4.90 Å². The van der Waals surface area contributed by atoms with E-state index in [4.69, 9.17) is 17.3 Å². The summed E-state index contributed by atoms with van der Waals surface area (Å²) in [6, 6.07) is 5.65. The molecule has 0 radical (unpaired) electrons. The van der Waals surface area contributed by atoms with Crippen LogP contribution in [0.5, 0.6) is 0 Å². The average Bonchev–Trinajstić information content (AvgIpc) is 2.95. The molecule has 0 unspecified atom stereocenters. The fraction of sp³-hybridized carbons (Fsp3) is 0.588. The molecule has 116 valence electrons. The van der Waals surface area contributed by atoms with Crippen LogP contribution in [0.1, 0.15) is 56.3 Å². The number of hydrogen-bond acceptors (Lipinski definition) is 2. The van der Waals surface area contributed by atoms with E-state index in [1.54, 1.807) is 18.2 Å². The lowest BCUT2D eigenvalue weighted by molar-refractivity contribution is 0.0673. The Morgan fingerprint density at radius 1 is 1.38 bits per heavy atom. The minimum atomic E-state index is 0.0301. The molecule has 0 aromatic heterocycles. The quantitative estimate of drug-likeness (QED) is 0.822. The Kier molecular flexibility index (Phi) is 5.51. The van der Waals surface area contributed by atoms with Crippen molar-refractivity contribution in [2.24, 2.45) is 5.92 Å². The number of amides is 1. The summed E-state index contributed by atoms with van der Waals surface area (Å²) < 4.78 is 0. The van der Waals surface area contributed by atoms with Gasteiger partial charge < -0.3 is 10.6 Å². The van der Waals surface area contributed by atoms with E-state index < -0.39 is 0 Å². The fourth-order valence-corrected chi connectivity index (χ4v) is 3.12. The lowest BCUT2D eigenvalue weighted by Gasteiger charge is -2.30. The van der Waals surface area contributed by atoms with Gasteiger partial charge in [0.25, 0.3) is 5.91 Å². The van der Waals surface area contributed by atoms with Crippen LogP contribution in [0.15, 0.2) is 18.2 Å². The van der Waals surface area contributed by atoms with Gasteiger partial charge in [0.05, 0.1) is 16.3 Å². The van der Waals surface area contributed by atoms with E-state index in [1.807, 2.05) is 4.90 Å². The summed E-state index contributed by atoms with van der Waals surface area (Å²) in [6.07, 6.45) is 5.64. The van der Waals surface area contributed by atoms with Gasteiger partial charge in [0.15, 0.2) is 0 Å². The molecule has 1 amide bonds. The van der Waals surface area contributed by atoms with Crippen molar-refractivity contribution < 1.29 is 4.79 Å². The van der Waals surface area contributed by atoms with Gasteiger partial charge in [0.2, 0.25) is 0 Å². The predicted molar refractivity (Wildman–Crippen MR) is 88.6 cm³/mol. The fourth-order valence-electron chi connectivity index (χ4n) is 2.94. The summed E-state index contributed by atoms with van der Waals surface area (Å²) in [5.74, 6) is 0.612. The first-order valence-electron chi connectivity index (χ1n) is 7.85. The van der Waals surface area contributed by atoms with Crippen LogP contribution in [0.25, 0.3) is 0 Å². The number of hydrogen-bond donors (Lipinski definition) is 1. The standard InChI is InChI=1S/C17H25ClN2O/c1-12(2)10-11-20(13-6-3-4-7-13)17(21)14-8-5-9-15(18)16(14)19/h5,8-9,12-13H,3-4,6-7,10-11,19H2,1-2H3. The van der Waals surface area contributed by atoms with E-state index in [0.717, 1.165) is 25.8 Å². The third-order valence-electron chi connectivity index (χ3n) is 4.26. The van der Waals surface area contributed by atoms with Gasteiger partial charge in [-0.05, 0) is 37.3 Å². The Balaban J connectivity index is 2.22. The molecule has 0 atom stereocenters. The van der Waals surface area contributed by atoms with Crippen molar-refractivity contribution in [3.8, 4) is 0 Å². The van der Waals surface area contributed by atoms with E-state index in [-0.39, 0.29) is 5.91 Å². The topological polar surface area (TPSA) is 46.3 Å². The monoisotopic (exact) mass is 308 g/mol. The summed E-state index contributed by atoms with van der Waals surface area (Å²) in [6.45, 7) is 5.17. The molecule has 3 nitrogen and oxygen atoms in total. The van der Waals surface area contributed by atoms with Crippen LogP contribution in [0, 0.1) is 5.92 Å². The maximum Gasteiger partial charge on any atom is 0.256 e. The smallest absolute Gasteiger partial charge is 0.256 e. The highest BCUT2D eigenvalue weighted by Crippen LogP contribution is 2.29. The number of nitrogens with zero attached hydrogens (tertiary/aromatic N) is 1. The number of nitrogen functional groups attached to an aromatic ring is 1. The van der Waals surface area contributed by atoms with Crippen molar-refractivity contribution in [3.05, 3.63) is 28.8 Å². The SMILES string of the molecule is CC(C)CCN(C(=O)c1cccc(Cl)c1N)C1CCCC1. The summed E-state index contributed by atoms with van der Waals surface area (Å²) >= 11 is 6.05. The van der Waals surface area contributed by atoms with Gasteiger partial charge in [-0.3, -0.25) is 4.79 Å². The molecular formula is C17H25ClN2O. The Morgan fingerprint density at radius 3 is 2.67 bits per heavy atom. The molecule has 1 saturated carbocycles. The Labute approximate surface area is 132 Å². The zero-order valence-corrected chi connectivity index (χ0v) is 13.7. The third kappa shape index (κ3) is 3.91. The molecule has 1 aliphatic carbocycles. The maximum absolute atomic E-state index is 12.9. The number of halogens is 1. The van der Waals surface area contributed by atoms with Crippen molar-refractivity contribution >= 4 is 23.2 Å². The highest BCUT2D eigenvalue weighted by molar-refractivity contribution is 6.33. The van der Waals surface area contributed by atoms with E-state index in [9.17, 15) is 4.79 Å². The van der Waals surface area contributed by atoms with Crippen LogP contribution in [-0.4, -0.2) is 23.4 Å². The van der Waals surface area contributed by atoms with Crippen LogP contribution in [0.2, 0.25) is 5.02 Å². The number of carbonyl (C=O) groups excluding carboxylic acids is 1. The van der Waals surface area contributed by atoms with Crippen molar-refractivity contribution in [2.45, 2.75) is 52.0 Å². The lowest BCUT2D eigenvalue weighted by Crippen LogP contribution is -2.40. The summed E-state index contributed by atoms with van der Waals surface area (Å²) in [4.78, 5) is 14.9. The summed E-state index contributed by atoms with van der Waals surface area (Å²) in [5, 5.41) is 0.455. The molecule has 1 aliphatic rings. The van der Waals surface area contributed by atoms with Gasteiger partial charge in [0.1, 0.15) is 0 Å². The van der Waals surface area contributed by atoms with Crippen LogP contribution in [0.4, 0.5) is 5.69 Å². The second-order valence-electron chi connectivity index (χ2n) is 6.32. The molecule has 2 N–H and O–H groups in total. The first-order chi connectivity index (χ1) is 10.0. The second kappa shape index (κ2) is 7.17. The molecule has 0 aliphatic heterocycles. The highest BCUT2D eigenvalue weighted by Gasteiger charge is 2.28. The third-order valence-corrected chi connectivity index (χ3v) is 4.59. The number of benzene rings is 1. The van der Waals surface area contributed by atoms with Crippen LogP contribution < -0.4 is 5.73 Å². The predicted octanol–water partition coefficient (Wildman–Crippen LogP) is 4.35. The molecule has 4 heteroatoms. The number of rotatable bonds is 5. The Bertz CT molecular complexity index is 496. The first-order valence-corrected chi connectivity index (χ1v) is 8.23. The van der Waals surface area contributed by atoms with Gasteiger partial charge in [-0.15, -0.1) is 0 Å². The van der Waals surface area contributed by atoms with E-state index in [1.165, 1.54) is 12.8 Å². The van der Waals surface area contributed by atoms with Gasteiger partial charge in [-0.1, -0.05) is 44.4 Å². The van der Waals surface area contributed by atoms with Crippen molar-refractivity contribution in [2.75, 3.05) is 12.3 Å². The molecule has 2 rings (SSSR count). The van der Waals surface area contributed by atoms with Gasteiger partial charge >= 0.3 is 0 Å². The number of anilines is 1. The largest absolute Gasteiger partial charge is 0.397 e.